The molecule has 0 bridgehead atoms. The van der Waals surface area contributed by atoms with E-state index >= 15 is 0 Å². The number of carbonyl (C=O) groups is 1. The normalized spacial score (nSPS) is 9.60. The van der Waals surface area contributed by atoms with Crippen molar-refractivity contribution in [2.24, 2.45) is 0 Å². The lowest BCUT2D eigenvalue weighted by atomic mass is 10.3. The lowest BCUT2D eigenvalue weighted by molar-refractivity contribution is -0.111. The summed E-state index contributed by atoms with van der Waals surface area (Å²) in [5.74, 6) is -0.195. The lowest BCUT2D eigenvalue weighted by Gasteiger charge is -2.05. The van der Waals surface area contributed by atoms with Gasteiger partial charge in [-0.1, -0.05) is 28.8 Å². The van der Waals surface area contributed by atoms with E-state index in [4.69, 9.17) is 23.2 Å². The number of allylic oxidation sites excluding steroid dienone is 1. The third-order valence-corrected chi connectivity index (χ3v) is 2.16. The van der Waals surface area contributed by atoms with Crippen molar-refractivity contribution in [3.05, 3.63) is 39.9 Å². The topological polar surface area (TPSA) is 29.1 Å². The number of carbonyl (C=O) groups excluding carboxylic acids is 1. The molecule has 0 aliphatic rings. The molecule has 0 fully saturated rings. The number of anilines is 1. The van der Waals surface area contributed by atoms with Crippen molar-refractivity contribution in [2.75, 3.05) is 5.32 Å². The highest BCUT2D eigenvalue weighted by Gasteiger charge is 2.03. The number of amides is 1. The van der Waals surface area contributed by atoms with Gasteiger partial charge < -0.3 is 5.32 Å². The molecule has 1 N–H and O–H groups in total. The lowest BCUT2D eigenvalue weighted by Crippen LogP contribution is -2.08. The molecule has 1 aromatic rings. The minimum absolute atomic E-state index is 0.195. The van der Waals surface area contributed by atoms with E-state index in [2.05, 4.69) is 5.32 Å². The maximum absolute atomic E-state index is 11.4. The Morgan fingerprint density at radius 2 is 2.00 bits per heavy atom. The molecule has 1 aromatic carbocycles. The van der Waals surface area contributed by atoms with E-state index in [1.54, 1.807) is 18.2 Å². The molecule has 0 saturated heterocycles. The number of benzene rings is 1. The Morgan fingerprint density at radius 3 is 2.53 bits per heavy atom. The first-order chi connectivity index (χ1) is 6.99. The Balaban J connectivity index is 2.82. The van der Waals surface area contributed by atoms with Crippen molar-refractivity contribution in [3.63, 3.8) is 0 Å². The van der Waals surface area contributed by atoms with E-state index in [-0.39, 0.29) is 5.91 Å². The largest absolute Gasteiger partial charge is 0.321 e. The molecule has 0 aliphatic carbocycles. The van der Waals surface area contributed by atoms with E-state index in [9.17, 15) is 4.79 Å². The van der Waals surface area contributed by atoms with Crippen LogP contribution < -0.4 is 5.32 Å². The molecule has 1 rings (SSSR count). The predicted octanol–water partition coefficient (Wildman–Crippen LogP) is 3.90. The molecule has 0 heterocycles. The van der Waals surface area contributed by atoms with Crippen LogP contribution in [0.1, 0.15) is 13.8 Å². The van der Waals surface area contributed by atoms with Crippen molar-refractivity contribution >= 4 is 34.8 Å². The molecule has 4 heteroatoms. The highest BCUT2D eigenvalue weighted by Crippen LogP contribution is 2.25. The van der Waals surface area contributed by atoms with Crippen LogP contribution in [-0.4, -0.2) is 5.91 Å². The number of rotatable bonds is 2. The van der Waals surface area contributed by atoms with Gasteiger partial charge in [0.25, 0.3) is 0 Å². The molecule has 0 unspecified atom stereocenters. The summed E-state index contributed by atoms with van der Waals surface area (Å²) in [5, 5.41) is 3.63. The first-order valence-corrected chi connectivity index (χ1v) is 5.15. The molecule has 0 aliphatic heterocycles. The third-order valence-electron chi connectivity index (χ3n) is 1.61. The highest BCUT2D eigenvalue weighted by atomic mass is 35.5. The maximum atomic E-state index is 11.4. The van der Waals surface area contributed by atoms with E-state index in [0.29, 0.717) is 15.7 Å². The monoisotopic (exact) mass is 243 g/mol. The van der Waals surface area contributed by atoms with Gasteiger partial charge in [0, 0.05) is 11.1 Å². The van der Waals surface area contributed by atoms with Gasteiger partial charge in [0.1, 0.15) is 0 Å². The summed E-state index contributed by atoms with van der Waals surface area (Å²) in [6.07, 6.45) is 1.50. The molecule has 0 radical (unpaired) electrons. The summed E-state index contributed by atoms with van der Waals surface area (Å²) >= 11 is 11.6. The van der Waals surface area contributed by atoms with Crippen LogP contribution in [0, 0.1) is 0 Å². The van der Waals surface area contributed by atoms with Crippen LogP contribution in [0.4, 0.5) is 5.69 Å². The van der Waals surface area contributed by atoms with Crippen molar-refractivity contribution < 1.29 is 4.79 Å². The van der Waals surface area contributed by atoms with Gasteiger partial charge in [0.2, 0.25) is 5.91 Å². The first kappa shape index (κ1) is 12.1. The fraction of sp³-hybridized carbons (Fsp3) is 0.182. The molecular formula is C11H11Cl2NO. The summed E-state index contributed by atoms with van der Waals surface area (Å²) in [7, 11) is 0. The minimum Gasteiger partial charge on any atom is -0.321 e. The average molecular weight is 244 g/mol. The molecule has 0 spiro atoms. The first-order valence-electron chi connectivity index (χ1n) is 4.40. The summed E-state index contributed by atoms with van der Waals surface area (Å²) in [4.78, 5) is 11.4. The van der Waals surface area contributed by atoms with Gasteiger partial charge in [-0.05, 0) is 32.0 Å². The zero-order valence-corrected chi connectivity index (χ0v) is 9.99. The van der Waals surface area contributed by atoms with Gasteiger partial charge in [-0.15, -0.1) is 0 Å². The zero-order chi connectivity index (χ0) is 11.4. The van der Waals surface area contributed by atoms with Crippen LogP contribution in [0.15, 0.2) is 29.8 Å². The zero-order valence-electron chi connectivity index (χ0n) is 8.47. The predicted molar refractivity (Wildman–Crippen MR) is 64.5 cm³/mol. The Bertz CT molecular complexity index is 409. The van der Waals surface area contributed by atoms with Crippen LogP contribution in [0.25, 0.3) is 0 Å². The maximum Gasteiger partial charge on any atom is 0.248 e. The Labute approximate surface area is 98.9 Å². The minimum atomic E-state index is -0.195. The Morgan fingerprint density at radius 1 is 1.33 bits per heavy atom. The van der Waals surface area contributed by atoms with Crippen LogP contribution in [0.5, 0.6) is 0 Å². The summed E-state index contributed by atoms with van der Waals surface area (Å²) in [6.45, 7) is 3.70. The van der Waals surface area contributed by atoms with E-state index in [1.807, 2.05) is 13.8 Å². The second kappa shape index (κ2) is 5.19. The fourth-order valence-electron chi connectivity index (χ4n) is 1.02. The SMILES string of the molecule is CC(C)=CC(=O)Nc1ccc(Cl)cc1Cl. The molecule has 2 nitrogen and oxygen atoms in total. The smallest absolute Gasteiger partial charge is 0.248 e. The van der Waals surface area contributed by atoms with E-state index < -0.39 is 0 Å². The molecule has 15 heavy (non-hydrogen) atoms. The van der Waals surface area contributed by atoms with Gasteiger partial charge in [-0.25, -0.2) is 0 Å². The number of hydrogen-bond donors (Lipinski definition) is 1. The van der Waals surface area contributed by atoms with Crippen LogP contribution in [0.3, 0.4) is 0 Å². The number of halogens is 2. The Hall–Kier alpha value is -0.990. The Kier molecular flexibility index (Phi) is 4.18. The van der Waals surface area contributed by atoms with Gasteiger partial charge in [0.15, 0.2) is 0 Å². The molecule has 0 aromatic heterocycles. The molecule has 80 valence electrons. The van der Waals surface area contributed by atoms with Gasteiger partial charge >= 0.3 is 0 Å². The van der Waals surface area contributed by atoms with Crippen molar-refractivity contribution in [1.82, 2.24) is 0 Å². The number of hydrogen-bond acceptors (Lipinski definition) is 1. The summed E-state index contributed by atoms with van der Waals surface area (Å²) < 4.78 is 0. The number of nitrogens with one attached hydrogen (secondary N) is 1. The quantitative estimate of drug-likeness (QED) is 0.785. The van der Waals surface area contributed by atoms with Crippen molar-refractivity contribution in [2.45, 2.75) is 13.8 Å². The van der Waals surface area contributed by atoms with Crippen LogP contribution in [-0.2, 0) is 4.79 Å². The molecular weight excluding hydrogens is 233 g/mol. The second-order valence-corrected chi connectivity index (χ2v) is 4.18. The van der Waals surface area contributed by atoms with Gasteiger partial charge in [-0.3, -0.25) is 4.79 Å². The third kappa shape index (κ3) is 3.94. The molecule has 0 atom stereocenters. The van der Waals surface area contributed by atoms with Crippen LogP contribution in [0.2, 0.25) is 10.0 Å². The van der Waals surface area contributed by atoms with Crippen LogP contribution >= 0.6 is 23.2 Å². The molecule has 1 amide bonds. The van der Waals surface area contributed by atoms with Gasteiger partial charge in [0.05, 0.1) is 10.7 Å². The average Bonchev–Trinajstić information content (AvgIpc) is 2.08. The second-order valence-electron chi connectivity index (χ2n) is 3.34. The van der Waals surface area contributed by atoms with Crippen molar-refractivity contribution in [3.8, 4) is 0 Å². The summed E-state index contributed by atoms with van der Waals surface area (Å²) in [5.41, 5.74) is 1.49. The summed E-state index contributed by atoms with van der Waals surface area (Å²) in [6, 6.07) is 4.92. The highest BCUT2D eigenvalue weighted by molar-refractivity contribution is 6.36. The van der Waals surface area contributed by atoms with E-state index in [1.165, 1.54) is 6.08 Å². The molecule has 0 saturated carbocycles. The van der Waals surface area contributed by atoms with E-state index in [0.717, 1.165) is 5.57 Å². The fourth-order valence-corrected chi connectivity index (χ4v) is 1.48. The standard InChI is InChI=1S/C11H11Cl2NO/c1-7(2)5-11(15)14-10-4-3-8(12)6-9(10)13/h3-6H,1-2H3,(H,14,15). The van der Waals surface area contributed by atoms with Crippen molar-refractivity contribution in [1.29, 1.82) is 0 Å². The van der Waals surface area contributed by atoms with Gasteiger partial charge in [-0.2, -0.15) is 0 Å².